The predicted octanol–water partition coefficient (Wildman–Crippen LogP) is 2.64. The van der Waals surface area contributed by atoms with Crippen LogP contribution in [-0.4, -0.2) is 93.4 Å². The predicted molar refractivity (Wildman–Crippen MR) is 104 cm³/mol. The molecule has 190 valence electrons. The van der Waals surface area contributed by atoms with Crippen molar-refractivity contribution in [3.63, 3.8) is 0 Å². The Morgan fingerprint density at radius 3 is 1.88 bits per heavy atom. The van der Waals surface area contributed by atoms with E-state index in [2.05, 4.69) is 35.2 Å². The fraction of sp³-hybridized carbons (Fsp3) is 0.737. The van der Waals surface area contributed by atoms with E-state index in [1.807, 2.05) is 17.9 Å². The monoisotopic (exact) mass is 490 g/mol. The molecule has 1 aliphatic carbocycles. The summed E-state index contributed by atoms with van der Waals surface area (Å²) in [6, 6.07) is 1.36. The van der Waals surface area contributed by atoms with Crippen LogP contribution in [0, 0.1) is 5.92 Å². The Labute approximate surface area is 186 Å². The molecular weight excluding hydrogens is 462 g/mol. The van der Waals surface area contributed by atoms with Gasteiger partial charge in [0.25, 0.3) is 0 Å². The van der Waals surface area contributed by atoms with Crippen LogP contribution in [-0.2, 0) is 23.1 Å². The van der Waals surface area contributed by atoms with Gasteiger partial charge in [-0.05, 0) is 51.3 Å². The second-order valence-corrected chi connectivity index (χ2v) is 8.16. The van der Waals surface area contributed by atoms with Crippen molar-refractivity contribution in [1.29, 1.82) is 0 Å². The molecule has 1 saturated heterocycles. The summed E-state index contributed by atoms with van der Waals surface area (Å²) in [7, 11) is 6.45. The molecule has 1 saturated carbocycles. The van der Waals surface area contributed by atoms with Crippen LogP contribution in [0.4, 0.5) is 26.3 Å². The number of aliphatic carboxylic acids is 2. The molecule has 3 rings (SSSR count). The van der Waals surface area contributed by atoms with Crippen LogP contribution >= 0.6 is 0 Å². The summed E-state index contributed by atoms with van der Waals surface area (Å²) in [4.78, 5) is 22.9. The minimum atomic E-state index is -5.08. The average Bonchev–Trinajstić information content (AvgIpc) is 3.25. The minimum absolute atomic E-state index is 0.666. The smallest absolute Gasteiger partial charge is 0.475 e. The molecule has 2 atom stereocenters. The number of carboxylic acids is 2. The molecule has 0 unspecified atom stereocenters. The number of halogens is 6. The summed E-state index contributed by atoms with van der Waals surface area (Å²) in [6.45, 7) is 2.58. The quantitative estimate of drug-likeness (QED) is 0.613. The van der Waals surface area contributed by atoms with Gasteiger partial charge in [0.05, 0.1) is 6.20 Å². The van der Waals surface area contributed by atoms with Gasteiger partial charge in [0.1, 0.15) is 0 Å². The van der Waals surface area contributed by atoms with Gasteiger partial charge in [-0.2, -0.15) is 31.4 Å². The maximum atomic E-state index is 10.6. The normalized spacial score (nSPS) is 21.2. The lowest BCUT2D eigenvalue weighted by Gasteiger charge is -2.31. The van der Waals surface area contributed by atoms with Crippen molar-refractivity contribution in [2.45, 2.75) is 50.1 Å². The number of aryl methyl sites for hydroxylation is 1. The van der Waals surface area contributed by atoms with E-state index in [1.165, 1.54) is 37.9 Å². The first kappa shape index (κ1) is 28.7. The number of rotatable bonds is 5. The van der Waals surface area contributed by atoms with Crippen LogP contribution in [0.25, 0.3) is 0 Å². The molecule has 2 heterocycles. The number of carbonyl (C=O) groups is 2. The third-order valence-electron chi connectivity index (χ3n) is 5.17. The van der Waals surface area contributed by atoms with Crippen molar-refractivity contribution in [3.05, 3.63) is 18.0 Å². The van der Waals surface area contributed by atoms with Gasteiger partial charge in [-0.15, -0.1) is 0 Å². The molecule has 2 N–H and O–H groups in total. The summed E-state index contributed by atoms with van der Waals surface area (Å²) >= 11 is 0. The molecule has 14 heteroatoms. The number of nitrogens with zero attached hydrogens (tertiary/aromatic N) is 4. The van der Waals surface area contributed by atoms with Gasteiger partial charge in [-0.3, -0.25) is 9.58 Å². The Morgan fingerprint density at radius 2 is 1.55 bits per heavy atom. The molecule has 8 nitrogen and oxygen atoms in total. The fourth-order valence-electron chi connectivity index (χ4n) is 3.44. The van der Waals surface area contributed by atoms with Gasteiger partial charge < -0.3 is 15.1 Å². The highest BCUT2D eigenvalue weighted by molar-refractivity contribution is 5.73. The van der Waals surface area contributed by atoms with Gasteiger partial charge in [-0.25, -0.2) is 9.59 Å². The Balaban J connectivity index is 0.000000324. The Morgan fingerprint density at radius 1 is 1.06 bits per heavy atom. The largest absolute Gasteiger partial charge is 0.490 e. The van der Waals surface area contributed by atoms with Gasteiger partial charge >= 0.3 is 24.3 Å². The van der Waals surface area contributed by atoms with Crippen molar-refractivity contribution < 1.29 is 46.1 Å². The zero-order chi connectivity index (χ0) is 25.6. The molecule has 33 heavy (non-hydrogen) atoms. The molecule has 1 aliphatic heterocycles. The first-order valence-corrected chi connectivity index (χ1v) is 10.0. The van der Waals surface area contributed by atoms with Crippen molar-refractivity contribution in [1.82, 2.24) is 19.6 Å². The Kier molecular flexibility index (Phi) is 10.2. The van der Waals surface area contributed by atoms with Crippen molar-refractivity contribution in [2.75, 3.05) is 27.2 Å². The molecule has 0 radical (unpaired) electrons. The Hall–Kier alpha value is -2.35. The molecule has 2 fully saturated rings. The summed E-state index contributed by atoms with van der Waals surface area (Å²) in [5.41, 5.74) is 1.38. The van der Waals surface area contributed by atoms with E-state index in [0.29, 0.717) is 12.1 Å². The molecule has 0 amide bonds. The maximum absolute atomic E-state index is 10.6. The average molecular weight is 490 g/mol. The summed E-state index contributed by atoms with van der Waals surface area (Å²) in [5, 5.41) is 18.6. The number of hydrogen-bond donors (Lipinski definition) is 2. The number of carboxylic acid groups (broad SMARTS) is 2. The highest BCUT2D eigenvalue weighted by Gasteiger charge is 2.39. The van der Waals surface area contributed by atoms with E-state index in [4.69, 9.17) is 19.8 Å². The number of hydrogen-bond acceptors (Lipinski definition) is 5. The van der Waals surface area contributed by atoms with Crippen LogP contribution < -0.4 is 0 Å². The van der Waals surface area contributed by atoms with E-state index >= 15 is 0 Å². The molecule has 0 spiro atoms. The van der Waals surface area contributed by atoms with E-state index in [-0.39, 0.29) is 0 Å². The zero-order valence-electron chi connectivity index (χ0n) is 18.4. The van der Waals surface area contributed by atoms with Crippen LogP contribution in [0.15, 0.2) is 12.4 Å². The van der Waals surface area contributed by atoms with Crippen molar-refractivity contribution in [2.24, 2.45) is 13.0 Å². The third-order valence-corrected chi connectivity index (χ3v) is 5.17. The lowest BCUT2D eigenvalue weighted by Crippen LogP contribution is -2.44. The standard InChI is InChI=1S/C15H26N4.2C2HF3O2/c1-17(2)14-6-7-19(11-12-4-5-12)15(14)8-13-9-16-18(3)10-13;2*3-2(4,5)1(6)7/h9-10,12,14-15H,4-8,11H2,1-3H3;2*(H,6,7)/t14-,15+;;/m1../s1. The number of alkyl halides is 6. The molecule has 0 aromatic carbocycles. The summed E-state index contributed by atoms with van der Waals surface area (Å²) in [6.07, 6.45) is -0.625. The molecule has 1 aromatic rings. The number of aromatic nitrogens is 2. The van der Waals surface area contributed by atoms with E-state index in [9.17, 15) is 26.3 Å². The lowest BCUT2D eigenvalue weighted by molar-refractivity contribution is -0.193. The number of likely N-dealkylation sites (tertiary alicyclic amines) is 1. The molecule has 1 aromatic heterocycles. The van der Waals surface area contributed by atoms with E-state index < -0.39 is 24.3 Å². The van der Waals surface area contributed by atoms with Gasteiger partial charge in [0.2, 0.25) is 0 Å². The first-order chi connectivity index (χ1) is 15.0. The lowest BCUT2D eigenvalue weighted by atomic mass is 10.0. The fourth-order valence-corrected chi connectivity index (χ4v) is 3.44. The third kappa shape index (κ3) is 10.4. The first-order valence-electron chi connectivity index (χ1n) is 10.0. The zero-order valence-corrected chi connectivity index (χ0v) is 18.4. The van der Waals surface area contributed by atoms with Crippen LogP contribution in [0.5, 0.6) is 0 Å². The van der Waals surface area contributed by atoms with Crippen molar-refractivity contribution >= 4 is 11.9 Å². The van der Waals surface area contributed by atoms with Gasteiger partial charge in [-0.1, -0.05) is 0 Å². The minimum Gasteiger partial charge on any atom is -0.475 e. The van der Waals surface area contributed by atoms with Crippen molar-refractivity contribution in [3.8, 4) is 0 Å². The summed E-state index contributed by atoms with van der Waals surface area (Å²) < 4.78 is 65.4. The summed E-state index contributed by atoms with van der Waals surface area (Å²) in [5.74, 6) is -4.53. The Bertz CT molecular complexity index is 753. The highest BCUT2D eigenvalue weighted by Crippen LogP contribution is 2.34. The SMILES string of the molecule is CN(C)[C@@H]1CCN(CC2CC2)[C@H]1Cc1cnn(C)c1.O=C(O)C(F)(F)F.O=C(O)C(F)(F)F. The van der Waals surface area contributed by atoms with E-state index in [1.54, 1.807) is 0 Å². The molecule has 0 bridgehead atoms. The maximum Gasteiger partial charge on any atom is 0.490 e. The number of likely N-dealkylation sites (N-methyl/N-ethyl adjacent to an activating group) is 1. The van der Waals surface area contributed by atoms with Gasteiger partial charge in [0, 0.05) is 38.4 Å². The van der Waals surface area contributed by atoms with Crippen LogP contribution in [0.1, 0.15) is 24.8 Å². The van der Waals surface area contributed by atoms with Crippen LogP contribution in [0.2, 0.25) is 0 Å². The van der Waals surface area contributed by atoms with Crippen LogP contribution in [0.3, 0.4) is 0 Å². The molecular formula is C19H28F6N4O4. The van der Waals surface area contributed by atoms with Gasteiger partial charge in [0.15, 0.2) is 0 Å². The topological polar surface area (TPSA) is 98.9 Å². The van der Waals surface area contributed by atoms with E-state index in [0.717, 1.165) is 12.3 Å². The second kappa shape index (κ2) is 11.7. The second-order valence-electron chi connectivity index (χ2n) is 8.16. The highest BCUT2D eigenvalue weighted by atomic mass is 19.4. The molecule has 2 aliphatic rings.